The lowest BCUT2D eigenvalue weighted by molar-refractivity contribution is -0.145. The Hall–Kier alpha value is -1.47. The predicted octanol–water partition coefficient (Wildman–Crippen LogP) is 0.581. The number of ether oxygens (including phenoxy) is 2. The summed E-state index contributed by atoms with van der Waals surface area (Å²) < 4.78 is 11.5. The Bertz CT molecular complexity index is 546. The molecule has 3 aliphatic rings. The topological polar surface area (TPSA) is 80.3 Å². The van der Waals surface area contributed by atoms with E-state index in [1.54, 1.807) is 0 Å². The van der Waals surface area contributed by atoms with Gasteiger partial charge in [-0.15, -0.1) is 0 Å². The van der Waals surface area contributed by atoms with Gasteiger partial charge in [0, 0.05) is 6.54 Å². The first-order valence-electron chi connectivity index (χ1n) is 7.65. The van der Waals surface area contributed by atoms with E-state index in [0.717, 1.165) is 25.1 Å². The molecular weight excluding hydrogens is 272 g/mol. The first-order valence-corrected chi connectivity index (χ1v) is 7.65. The lowest BCUT2D eigenvalue weighted by Gasteiger charge is -2.34. The van der Waals surface area contributed by atoms with Crippen molar-refractivity contribution < 1.29 is 14.3 Å². The van der Waals surface area contributed by atoms with Crippen molar-refractivity contribution in [1.29, 1.82) is 0 Å². The molecule has 0 saturated carbocycles. The van der Waals surface area contributed by atoms with Crippen LogP contribution in [0.1, 0.15) is 37.0 Å². The normalized spacial score (nSPS) is 35.4. The number of hydrogen-bond acceptors (Lipinski definition) is 5. The van der Waals surface area contributed by atoms with E-state index in [9.17, 15) is 4.79 Å². The van der Waals surface area contributed by atoms with Crippen LogP contribution in [-0.2, 0) is 14.3 Å². The first kappa shape index (κ1) is 13.2. The molecule has 3 aliphatic heterocycles. The van der Waals surface area contributed by atoms with E-state index in [0.29, 0.717) is 31.6 Å². The third-order valence-electron chi connectivity index (χ3n) is 4.70. The predicted molar refractivity (Wildman–Crippen MR) is 72.4 cm³/mol. The Morgan fingerprint density at radius 2 is 2.33 bits per heavy atom. The molecule has 21 heavy (non-hydrogen) atoms. The standard InChI is InChI=1S/C14H20N4O3/c1-8-15-13(17-16-8)12-7-18(4-5-20-12)14(19)10-6-9-2-3-11(10)21-9/h9-12H,2-7H2,1H3,(H,15,16,17). The summed E-state index contributed by atoms with van der Waals surface area (Å²) in [5.74, 6) is 1.65. The number of carbonyl (C=O) groups is 1. The van der Waals surface area contributed by atoms with Gasteiger partial charge in [-0.25, -0.2) is 4.98 Å². The Kier molecular flexibility index (Phi) is 3.19. The van der Waals surface area contributed by atoms with Gasteiger partial charge in [0.1, 0.15) is 11.9 Å². The van der Waals surface area contributed by atoms with E-state index in [1.807, 2.05) is 11.8 Å². The summed E-state index contributed by atoms with van der Waals surface area (Å²) in [5, 5.41) is 6.97. The number of aromatic amines is 1. The SMILES string of the molecule is Cc1nc(C2CN(C(=O)C3CC4CCC3O4)CCO2)n[nH]1. The highest BCUT2D eigenvalue weighted by molar-refractivity contribution is 5.80. The number of nitrogens with one attached hydrogen (secondary N) is 1. The Labute approximate surface area is 123 Å². The largest absolute Gasteiger partial charge is 0.374 e. The molecule has 114 valence electrons. The fourth-order valence-electron chi connectivity index (χ4n) is 3.64. The highest BCUT2D eigenvalue weighted by Gasteiger charge is 2.46. The third kappa shape index (κ3) is 2.34. The summed E-state index contributed by atoms with van der Waals surface area (Å²) in [6, 6.07) is 0. The molecular formula is C14H20N4O3. The van der Waals surface area contributed by atoms with Gasteiger partial charge in [0.2, 0.25) is 5.91 Å². The van der Waals surface area contributed by atoms with Gasteiger partial charge in [0.05, 0.1) is 31.3 Å². The average Bonchev–Trinajstić information content (AvgIpc) is 3.22. The summed E-state index contributed by atoms with van der Waals surface area (Å²) in [4.78, 5) is 18.9. The Morgan fingerprint density at radius 1 is 1.43 bits per heavy atom. The van der Waals surface area contributed by atoms with Gasteiger partial charge in [0.25, 0.3) is 0 Å². The van der Waals surface area contributed by atoms with Gasteiger partial charge in [-0.2, -0.15) is 5.10 Å². The zero-order chi connectivity index (χ0) is 14.4. The van der Waals surface area contributed by atoms with Crippen molar-refractivity contribution in [3.05, 3.63) is 11.6 Å². The molecule has 4 heterocycles. The van der Waals surface area contributed by atoms with Crippen LogP contribution in [0.25, 0.3) is 0 Å². The Morgan fingerprint density at radius 3 is 3.00 bits per heavy atom. The number of aromatic nitrogens is 3. The maximum Gasteiger partial charge on any atom is 0.228 e. The second kappa shape index (κ2) is 5.06. The molecule has 1 aromatic rings. The molecule has 0 spiro atoms. The minimum atomic E-state index is -0.229. The van der Waals surface area contributed by atoms with Crippen LogP contribution in [0.15, 0.2) is 0 Å². The molecule has 0 radical (unpaired) electrons. The van der Waals surface area contributed by atoms with Gasteiger partial charge in [-0.1, -0.05) is 0 Å². The number of H-pyrrole nitrogens is 1. The number of hydrogen-bond donors (Lipinski definition) is 1. The fraction of sp³-hybridized carbons (Fsp3) is 0.786. The van der Waals surface area contributed by atoms with E-state index in [1.165, 1.54) is 0 Å². The van der Waals surface area contributed by atoms with Crippen LogP contribution >= 0.6 is 0 Å². The maximum absolute atomic E-state index is 12.7. The number of fused-ring (bicyclic) bond motifs is 2. The quantitative estimate of drug-likeness (QED) is 0.862. The van der Waals surface area contributed by atoms with E-state index in [4.69, 9.17) is 9.47 Å². The van der Waals surface area contributed by atoms with Crippen molar-refractivity contribution in [2.75, 3.05) is 19.7 Å². The van der Waals surface area contributed by atoms with Crippen LogP contribution in [0.2, 0.25) is 0 Å². The van der Waals surface area contributed by atoms with Crippen molar-refractivity contribution in [3.63, 3.8) is 0 Å². The molecule has 2 bridgehead atoms. The van der Waals surface area contributed by atoms with Gasteiger partial charge >= 0.3 is 0 Å². The van der Waals surface area contributed by atoms with Gasteiger partial charge in [0.15, 0.2) is 5.82 Å². The number of nitrogens with zero attached hydrogens (tertiary/aromatic N) is 3. The average molecular weight is 292 g/mol. The molecule has 1 N–H and O–H groups in total. The zero-order valence-corrected chi connectivity index (χ0v) is 12.1. The molecule has 3 saturated heterocycles. The molecule has 0 aromatic carbocycles. The van der Waals surface area contributed by atoms with E-state index >= 15 is 0 Å². The second-order valence-electron chi connectivity index (χ2n) is 6.14. The van der Waals surface area contributed by atoms with Crippen LogP contribution in [0, 0.1) is 12.8 Å². The third-order valence-corrected chi connectivity index (χ3v) is 4.70. The van der Waals surface area contributed by atoms with Crippen molar-refractivity contribution >= 4 is 5.91 Å². The van der Waals surface area contributed by atoms with Crippen molar-refractivity contribution in [3.8, 4) is 0 Å². The van der Waals surface area contributed by atoms with Crippen molar-refractivity contribution in [2.24, 2.45) is 5.92 Å². The van der Waals surface area contributed by atoms with Crippen LogP contribution < -0.4 is 0 Å². The monoisotopic (exact) mass is 292 g/mol. The molecule has 1 aromatic heterocycles. The van der Waals surface area contributed by atoms with E-state index in [-0.39, 0.29) is 24.0 Å². The van der Waals surface area contributed by atoms with Gasteiger partial charge in [-0.05, 0) is 26.2 Å². The highest BCUT2D eigenvalue weighted by atomic mass is 16.5. The lowest BCUT2D eigenvalue weighted by Crippen LogP contribution is -2.47. The highest BCUT2D eigenvalue weighted by Crippen LogP contribution is 2.40. The zero-order valence-electron chi connectivity index (χ0n) is 12.1. The number of carbonyl (C=O) groups excluding carboxylic acids is 1. The van der Waals surface area contributed by atoms with Crippen LogP contribution in [0.3, 0.4) is 0 Å². The lowest BCUT2D eigenvalue weighted by atomic mass is 9.88. The van der Waals surface area contributed by atoms with Crippen LogP contribution in [0.4, 0.5) is 0 Å². The summed E-state index contributed by atoms with van der Waals surface area (Å²) in [7, 11) is 0. The first-order chi connectivity index (χ1) is 10.2. The summed E-state index contributed by atoms with van der Waals surface area (Å²) in [5.41, 5.74) is 0. The minimum absolute atomic E-state index is 0.0383. The number of amides is 1. The molecule has 4 rings (SSSR count). The number of aryl methyl sites for hydroxylation is 1. The fourth-order valence-corrected chi connectivity index (χ4v) is 3.64. The summed E-state index contributed by atoms with van der Waals surface area (Å²) in [6.45, 7) is 3.57. The number of rotatable bonds is 2. The minimum Gasteiger partial charge on any atom is -0.374 e. The van der Waals surface area contributed by atoms with Crippen LogP contribution in [0.5, 0.6) is 0 Å². The molecule has 4 atom stereocenters. The van der Waals surface area contributed by atoms with Crippen LogP contribution in [-0.4, -0.2) is 57.9 Å². The molecule has 3 fully saturated rings. The molecule has 7 nitrogen and oxygen atoms in total. The molecule has 4 unspecified atom stereocenters. The van der Waals surface area contributed by atoms with E-state index in [2.05, 4.69) is 15.2 Å². The smallest absolute Gasteiger partial charge is 0.228 e. The maximum atomic E-state index is 12.7. The van der Waals surface area contributed by atoms with Crippen molar-refractivity contribution in [1.82, 2.24) is 20.1 Å². The molecule has 7 heteroatoms. The summed E-state index contributed by atoms with van der Waals surface area (Å²) >= 11 is 0. The van der Waals surface area contributed by atoms with Gasteiger partial charge < -0.3 is 14.4 Å². The van der Waals surface area contributed by atoms with Gasteiger partial charge in [-0.3, -0.25) is 9.89 Å². The Balaban J connectivity index is 1.44. The van der Waals surface area contributed by atoms with E-state index < -0.39 is 0 Å². The number of morpholine rings is 1. The molecule has 0 aliphatic carbocycles. The van der Waals surface area contributed by atoms with Crippen molar-refractivity contribution in [2.45, 2.75) is 44.5 Å². The second-order valence-corrected chi connectivity index (χ2v) is 6.14. The summed E-state index contributed by atoms with van der Waals surface area (Å²) in [6.07, 6.45) is 3.22. The molecule has 1 amide bonds.